The molecule has 0 aliphatic carbocycles. The van der Waals surface area contributed by atoms with Gasteiger partial charge in [-0.1, -0.05) is 18.2 Å². The number of nitrogens with zero attached hydrogens (tertiary/aromatic N) is 3. The number of hydrogen-bond acceptors (Lipinski definition) is 5. The van der Waals surface area contributed by atoms with E-state index in [0.29, 0.717) is 5.92 Å². The number of rotatable bonds is 8. The first-order chi connectivity index (χ1) is 14.6. The molecule has 1 aromatic carbocycles. The number of aromatic nitrogens is 1. The van der Waals surface area contributed by atoms with Gasteiger partial charge in [0.15, 0.2) is 0 Å². The van der Waals surface area contributed by atoms with Gasteiger partial charge in [0.1, 0.15) is 11.6 Å². The Balaban J connectivity index is 1.27. The van der Waals surface area contributed by atoms with Crippen molar-refractivity contribution in [3.63, 3.8) is 0 Å². The summed E-state index contributed by atoms with van der Waals surface area (Å²) in [5.41, 5.74) is 2.24. The first-order valence-corrected chi connectivity index (χ1v) is 11.6. The van der Waals surface area contributed by atoms with Crippen LogP contribution in [0.3, 0.4) is 0 Å². The van der Waals surface area contributed by atoms with E-state index in [1.807, 2.05) is 36.6 Å². The van der Waals surface area contributed by atoms with Crippen LogP contribution in [-0.2, 0) is 13.0 Å². The number of likely N-dealkylation sites (tertiary alicyclic amines) is 1. The highest BCUT2D eigenvalue weighted by molar-refractivity contribution is 7.13. The number of oxazole rings is 1. The van der Waals surface area contributed by atoms with Gasteiger partial charge in [0.2, 0.25) is 5.89 Å². The van der Waals surface area contributed by atoms with Crippen LogP contribution < -0.4 is 0 Å². The first kappa shape index (κ1) is 21.2. The predicted molar refractivity (Wildman–Crippen MR) is 120 cm³/mol. The van der Waals surface area contributed by atoms with Gasteiger partial charge in [-0.25, -0.2) is 9.37 Å². The lowest BCUT2D eigenvalue weighted by Crippen LogP contribution is -2.40. The Bertz CT molecular complexity index is 923. The van der Waals surface area contributed by atoms with Crippen LogP contribution in [0.4, 0.5) is 4.39 Å². The zero-order chi connectivity index (χ0) is 20.9. The summed E-state index contributed by atoms with van der Waals surface area (Å²) in [6.07, 6.45) is 3.50. The fourth-order valence-corrected chi connectivity index (χ4v) is 4.93. The van der Waals surface area contributed by atoms with E-state index in [1.54, 1.807) is 23.5 Å². The molecule has 0 radical (unpaired) electrons. The third-order valence-electron chi connectivity index (χ3n) is 5.85. The van der Waals surface area contributed by atoms with E-state index in [1.165, 1.54) is 18.4 Å². The maximum atomic E-state index is 13.1. The van der Waals surface area contributed by atoms with Crippen molar-refractivity contribution in [1.82, 2.24) is 14.8 Å². The highest BCUT2D eigenvalue weighted by Crippen LogP contribution is 2.26. The Morgan fingerprint density at radius 3 is 2.87 bits per heavy atom. The molecule has 4 nitrogen and oxygen atoms in total. The summed E-state index contributed by atoms with van der Waals surface area (Å²) in [4.78, 5) is 10.7. The number of aryl methyl sites for hydroxylation is 1. The summed E-state index contributed by atoms with van der Waals surface area (Å²) in [7, 11) is 2.18. The lowest BCUT2D eigenvalue weighted by molar-refractivity contribution is 0.142. The average Bonchev–Trinajstić information content (AvgIpc) is 3.38. The largest absolute Gasteiger partial charge is 0.440 e. The van der Waals surface area contributed by atoms with Crippen LogP contribution in [0.2, 0.25) is 0 Å². The molecular weight excluding hydrogens is 397 g/mol. The van der Waals surface area contributed by atoms with E-state index < -0.39 is 0 Å². The van der Waals surface area contributed by atoms with Gasteiger partial charge < -0.3 is 14.2 Å². The van der Waals surface area contributed by atoms with Gasteiger partial charge in [0.05, 0.1) is 10.6 Å². The van der Waals surface area contributed by atoms with Gasteiger partial charge in [0.25, 0.3) is 0 Å². The van der Waals surface area contributed by atoms with Gasteiger partial charge in [-0.2, -0.15) is 0 Å². The second-order valence-corrected chi connectivity index (χ2v) is 9.33. The van der Waals surface area contributed by atoms with Crippen LogP contribution in [-0.4, -0.2) is 48.0 Å². The molecule has 1 aliphatic heterocycles. The molecule has 1 fully saturated rings. The molecule has 3 aromatic rings. The maximum absolute atomic E-state index is 13.1. The molecule has 0 amide bonds. The second kappa shape index (κ2) is 9.86. The van der Waals surface area contributed by atoms with E-state index in [-0.39, 0.29) is 5.82 Å². The van der Waals surface area contributed by atoms with Crippen LogP contribution in [0.25, 0.3) is 10.8 Å². The predicted octanol–water partition coefficient (Wildman–Crippen LogP) is 5.24. The molecular formula is C24H30FN3OS. The van der Waals surface area contributed by atoms with Crippen molar-refractivity contribution in [3.8, 4) is 10.8 Å². The second-order valence-electron chi connectivity index (χ2n) is 8.38. The van der Waals surface area contributed by atoms with Crippen LogP contribution in [0.5, 0.6) is 0 Å². The zero-order valence-corrected chi connectivity index (χ0v) is 18.6. The van der Waals surface area contributed by atoms with Crippen molar-refractivity contribution in [2.45, 2.75) is 32.7 Å². The number of piperidine rings is 1. The van der Waals surface area contributed by atoms with Crippen LogP contribution in [0.15, 0.2) is 46.2 Å². The number of halogens is 1. The fraction of sp³-hybridized carbons (Fsp3) is 0.458. The highest BCUT2D eigenvalue weighted by atomic mass is 32.1. The van der Waals surface area contributed by atoms with Crippen molar-refractivity contribution in [3.05, 3.63) is 64.6 Å². The number of thiophene rings is 1. The van der Waals surface area contributed by atoms with E-state index in [2.05, 4.69) is 16.8 Å². The Morgan fingerprint density at radius 1 is 1.27 bits per heavy atom. The molecule has 0 saturated carbocycles. The summed E-state index contributed by atoms with van der Waals surface area (Å²) in [5.74, 6) is 2.15. The highest BCUT2D eigenvalue weighted by Gasteiger charge is 2.22. The number of hydrogen-bond donors (Lipinski definition) is 0. The minimum absolute atomic E-state index is 0.162. The first-order valence-electron chi connectivity index (χ1n) is 10.7. The standard InChI is InChI=1S/C24H30FN3OS/c1-18-22(26-24(29-18)23-6-4-14-30-23)17-27(2)15-20-5-3-12-28(16-20)13-11-19-7-9-21(25)10-8-19/h4,6-10,14,20H,3,5,11-13,15-17H2,1-2H3/t20-/m1/s1. The summed E-state index contributed by atoms with van der Waals surface area (Å²) >= 11 is 1.66. The van der Waals surface area contributed by atoms with Crippen molar-refractivity contribution in [2.24, 2.45) is 5.92 Å². The summed E-state index contributed by atoms with van der Waals surface area (Å²) < 4.78 is 19.0. The lowest BCUT2D eigenvalue weighted by Gasteiger charge is -2.34. The molecule has 1 atom stereocenters. The Kier molecular flexibility index (Phi) is 6.97. The molecule has 0 spiro atoms. The monoisotopic (exact) mass is 427 g/mol. The van der Waals surface area contributed by atoms with Gasteiger partial charge in [-0.05, 0) is 74.8 Å². The molecule has 1 aliphatic rings. The van der Waals surface area contributed by atoms with Crippen molar-refractivity contribution < 1.29 is 8.81 Å². The van der Waals surface area contributed by atoms with Crippen LogP contribution in [0, 0.1) is 18.7 Å². The zero-order valence-electron chi connectivity index (χ0n) is 17.8. The third kappa shape index (κ3) is 5.56. The van der Waals surface area contributed by atoms with Crippen molar-refractivity contribution in [1.29, 1.82) is 0 Å². The quantitative estimate of drug-likeness (QED) is 0.492. The number of benzene rings is 1. The smallest absolute Gasteiger partial charge is 0.236 e. The molecule has 2 aromatic heterocycles. The Hall–Kier alpha value is -2.02. The van der Waals surface area contributed by atoms with E-state index in [0.717, 1.165) is 61.4 Å². The molecule has 30 heavy (non-hydrogen) atoms. The maximum Gasteiger partial charge on any atom is 0.236 e. The van der Waals surface area contributed by atoms with Crippen molar-refractivity contribution >= 4 is 11.3 Å². The average molecular weight is 428 g/mol. The van der Waals surface area contributed by atoms with Crippen LogP contribution >= 0.6 is 11.3 Å². The molecule has 4 rings (SSSR count). The molecule has 3 heterocycles. The van der Waals surface area contributed by atoms with Gasteiger partial charge in [0, 0.05) is 26.2 Å². The molecule has 0 unspecified atom stereocenters. The van der Waals surface area contributed by atoms with Crippen LogP contribution in [0.1, 0.15) is 29.9 Å². The van der Waals surface area contributed by atoms with Gasteiger partial charge in [-0.3, -0.25) is 0 Å². The third-order valence-corrected chi connectivity index (χ3v) is 6.71. The van der Waals surface area contributed by atoms with E-state index in [4.69, 9.17) is 9.40 Å². The summed E-state index contributed by atoms with van der Waals surface area (Å²) in [6, 6.07) is 11.0. The lowest BCUT2D eigenvalue weighted by atomic mass is 9.97. The minimum Gasteiger partial charge on any atom is -0.440 e. The van der Waals surface area contributed by atoms with E-state index in [9.17, 15) is 4.39 Å². The van der Waals surface area contributed by atoms with Crippen molar-refractivity contribution in [2.75, 3.05) is 33.2 Å². The molecule has 160 valence electrons. The van der Waals surface area contributed by atoms with Gasteiger partial charge >= 0.3 is 0 Å². The molecule has 1 saturated heterocycles. The normalized spacial score (nSPS) is 17.7. The van der Waals surface area contributed by atoms with E-state index >= 15 is 0 Å². The topological polar surface area (TPSA) is 32.5 Å². The molecule has 0 N–H and O–H groups in total. The van der Waals surface area contributed by atoms with Gasteiger partial charge in [-0.15, -0.1) is 11.3 Å². The Morgan fingerprint density at radius 2 is 2.10 bits per heavy atom. The molecule has 6 heteroatoms. The fourth-order valence-electron chi connectivity index (χ4n) is 4.28. The Labute approximate surface area is 182 Å². The minimum atomic E-state index is -0.162. The summed E-state index contributed by atoms with van der Waals surface area (Å²) in [5, 5.41) is 2.05. The molecule has 0 bridgehead atoms. The summed E-state index contributed by atoms with van der Waals surface area (Å²) in [6.45, 7) is 7.21. The SMILES string of the molecule is Cc1oc(-c2cccs2)nc1CN(C)C[C@H]1CCCN(CCc2ccc(F)cc2)C1.